The zero-order valence-electron chi connectivity index (χ0n) is 19.4. The van der Waals surface area contributed by atoms with Gasteiger partial charge >= 0.3 is 0 Å². The minimum Gasteiger partial charge on any atom is -0.497 e. The van der Waals surface area contributed by atoms with Crippen molar-refractivity contribution in [3.05, 3.63) is 29.8 Å². The number of nitrogens with zero attached hydrogens (tertiary/aromatic N) is 6. The Morgan fingerprint density at radius 3 is 2.53 bits per heavy atom. The van der Waals surface area contributed by atoms with Crippen LogP contribution in [0.4, 0.5) is 5.82 Å². The van der Waals surface area contributed by atoms with Gasteiger partial charge in [0.2, 0.25) is 0 Å². The quantitative estimate of drug-likeness (QED) is 0.320. The third-order valence-electron chi connectivity index (χ3n) is 6.79. The number of aromatic nitrogens is 5. The summed E-state index contributed by atoms with van der Waals surface area (Å²) in [4.78, 5) is 11.7. The van der Waals surface area contributed by atoms with E-state index in [1.165, 1.54) is 10.2 Å². The Bertz CT molecular complexity index is 1160. The lowest BCUT2D eigenvalue weighted by Gasteiger charge is -2.20. The van der Waals surface area contributed by atoms with Crippen molar-refractivity contribution >= 4 is 28.7 Å². The Morgan fingerprint density at radius 1 is 1.12 bits per heavy atom. The molecular weight excluding hydrogens is 456 g/mol. The van der Waals surface area contributed by atoms with Gasteiger partial charge in [0.15, 0.2) is 22.1 Å². The fourth-order valence-electron chi connectivity index (χ4n) is 4.73. The molecule has 2 heterocycles. The molecule has 0 radical (unpaired) electrons. The summed E-state index contributed by atoms with van der Waals surface area (Å²) in [5, 5.41) is 39.8. The van der Waals surface area contributed by atoms with E-state index < -0.39 is 24.4 Å². The van der Waals surface area contributed by atoms with Crippen LogP contribution >= 0.6 is 11.8 Å². The minimum absolute atomic E-state index is 0.176. The van der Waals surface area contributed by atoms with E-state index >= 15 is 0 Å². The van der Waals surface area contributed by atoms with Gasteiger partial charge in [-0.1, -0.05) is 36.0 Å². The molecule has 11 heteroatoms. The highest BCUT2D eigenvalue weighted by molar-refractivity contribution is 7.99. The van der Waals surface area contributed by atoms with Gasteiger partial charge in [-0.2, -0.15) is 0 Å². The first-order valence-corrected chi connectivity index (χ1v) is 12.6. The molecule has 1 aromatic carbocycles. The Morgan fingerprint density at radius 2 is 1.88 bits per heavy atom. The van der Waals surface area contributed by atoms with Gasteiger partial charge in [-0.3, -0.25) is 0 Å². The molecule has 2 fully saturated rings. The number of rotatable bonds is 8. The van der Waals surface area contributed by atoms with Crippen LogP contribution in [0.5, 0.6) is 5.75 Å². The summed E-state index contributed by atoms with van der Waals surface area (Å²) in [5.41, 5.74) is 2.30. The predicted octanol–water partition coefficient (Wildman–Crippen LogP) is 1.75. The Kier molecular flexibility index (Phi) is 6.36. The number of anilines is 1. The third-order valence-corrected chi connectivity index (χ3v) is 7.84. The standard InChI is InChI=1S/C23H30N6O4S/c1-4-9-34-23-24-21(28(2)15-10-14(15)12-5-7-13(33-3)8-6-12)18-22(25-23)29(27-26-18)16-11-17(30)20(32)19(16)31/h5-8,14-17,19-20,30-32H,4,9-11H2,1-3H3/t14?,15?,16-,17+,19+,20-/m1/s1. The minimum atomic E-state index is -1.22. The van der Waals surface area contributed by atoms with Crippen molar-refractivity contribution in [1.82, 2.24) is 25.0 Å². The van der Waals surface area contributed by atoms with Crippen LogP contribution in [0.2, 0.25) is 0 Å². The first kappa shape index (κ1) is 23.3. The number of ether oxygens (including phenoxy) is 1. The van der Waals surface area contributed by atoms with Crippen LogP contribution in [0.1, 0.15) is 43.7 Å². The highest BCUT2D eigenvalue weighted by atomic mass is 32.2. The summed E-state index contributed by atoms with van der Waals surface area (Å²) in [6.45, 7) is 2.10. The van der Waals surface area contributed by atoms with E-state index in [2.05, 4.69) is 34.3 Å². The molecule has 3 aromatic rings. The number of likely N-dealkylation sites (N-methyl/N-ethyl adjacent to an activating group) is 1. The van der Waals surface area contributed by atoms with Crippen molar-refractivity contribution in [2.75, 3.05) is 24.8 Å². The smallest absolute Gasteiger partial charge is 0.191 e. The molecule has 0 aliphatic heterocycles. The van der Waals surface area contributed by atoms with Crippen LogP contribution in [0.3, 0.4) is 0 Å². The Labute approximate surface area is 202 Å². The summed E-state index contributed by atoms with van der Waals surface area (Å²) in [5.74, 6) is 2.79. The number of methoxy groups -OCH3 is 1. The van der Waals surface area contributed by atoms with Gasteiger partial charge in [-0.15, -0.1) is 5.10 Å². The van der Waals surface area contributed by atoms with E-state index in [0.29, 0.717) is 28.1 Å². The maximum atomic E-state index is 10.5. The maximum absolute atomic E-state index is 10.5. The van der Waals surface area contributed by atoms with Crippen molar-refractivity contribution in [2.45, 2.75) is 67.7 Å². The van der Waals surface area contributed by atoms with E-state index in [1.54, 1.807) is 18.9 Å². The van der Waals surface area contributed by atoms with Gasteiger partial charge in [0.05, 0.1) is 19.3 Å². The summed E-state index contributed by atoms with van der Waals surface area (Å²) >= 11 is 1.56. The van der Waals surface area contributed by atoms with Gasteiger partial charge in [0.25, 0.3) is 0 Å². The molecule has 0 saturated heterocycles. The third kappa shape index (κ3) is 4.10. The molecule has 0 bridgehead atoms. The number of benzene rings is 1. The zero-order valence-corrected chi connectivity index (χ0v) is 20.3. The molecule has 5 rings (SSSR count). The van der Waals surface area contributed by atoms with Gasteiger partial charge in [-0.25, -0.2) is 14.6 Å². The van der Waals surface area contributed by atoms with E-state index in [4.69, 9.17) is 14.7 Å². The molecule has 0 amide bonds. The van der Waals surface area contributed by atoms with Crippen LogP contribution in [0.15, 0.2) is 29.4 Å². The second kappa shape index (κ2) is 9.29. The highest BCUT2D eigenvalue weighted by Gasteiger charge is 2.45. The molecule has 3 N–H and O–H groups in total. The molecule has 2 aliphatic carbocycles. The number of hydrogen-bond donors (Lipinski definition) is 3. The molecule has 34 heavy (non-hydrogen) atoms. The summed E-state index contributed by atoms with van der Waals surface area (Å²) < 4.78 is 6.81. The van der Waals surface area contributed by atoms with Crippen LogP contribution < -0.4 is 9.64 Å². The van der Waals surface area contributed by atoms with Crippen LogP contribution in [0, 0.1) is 0 Å². The van der Waals surface area contributed by atoms with E-state index in [-0.39, 0.29) is 12.5 Å². The molecule has 0 spiro atoms. The number of aliphatic hydroxyl groups excluding tert-OH is 3. The molecule has 182 valence electrons. The lowest BCUT2D eigenvalue weighted by molar-refractivity contribution is -0.0253. The van der Waals surface area contributed by atoms with Crippen LogP contribution in [-0.4, -0.2) is 84.5 Å². The van der Waals surface area contributed by atoms with Crippen molar-refractivity contribution in [3.8, 4) is 5.75 Å². The molecule has 6 atom stereocenters. The fraction of sp³-hybridized carbons (Fsp3) is 0.565. The number of hydrogen-bond acceptors (Lipinski definition) is 10. The van der Waals surface area contributed by atoms with Crippen molar-refractivity contribution in [2.24, 2.45) is 0 Å². The first-order chi connectivity index (χ1) is 16.4. The van der Waals surface area contributed by atoms with Crippen molar-refractivity contribution < 1.29 is 20.1 Å². The number of aliphatic hydroxyl groups is 3. The Hall–Kier alpha value is -2.47. The molecule has 2 unspecified atom stereocenters. The lowest BCUT2D eigenvalue weighted by atomic mass is 10.1. The Balaban J connectivity index is 1.48. The second-order valence-electron chi connectivity index (χ2n) is 9.03. The van der Waals surface area contributed by atoms with Gasteiger partial charge in [0.1, 0.15) is 18.0 Å². The number of fused-ring (bicyclic) bond motifs is 1. The van der Waals surface area contributed by atoms with Crippen LogP contribution in [-0.2, 0) is 0 Å². The zero-order chi connectivity index (χ0) is 24.0. The topological polar surface area (TPSA) is 130 Å². The molecule has 2 saturated carbocycles. The van der Waals surface area contributed by atoms with Gasteiger partial charge in [-0.05, 0) is 30.5 Å². The SMILES string of the molecule is CCCSc1nc(N(C)C2CC2c2ccc(OC)cc2)c2nnn([C@@H]3C[C@H](O)[C@@H](O)[C@H]3O)c2n1. The normalized spacial score (nSPS) is 28.4. The molecular formula is C23H30N6O4S. The molecule has 2 aromatic heterocycles. The monoisotopic (exact) mass is 486 g/mol. The summed E-state index contributed by atoms with van der Waals surface area (Å²) in [6.07, 6.45) is -1.23. The highest BCUT2D eigenvalue weighted by Crippen LogP contribution is 2.46. The predicted molar refractivity (Wildman–Crippen MR) is 128 cm³/mol. The van der Waals surface area contributed by atoms with Crippen molar-refractivity contribution in [3.63, 3.8) is 0 Å². The van der Waals surface area contributed by atoms with E-state index in [9.17, 15) is 15.3 Å². The summed E-state index contributed by atoms with van der Waals surface area (Å²) in [6, 6.07) is 7.82. The van der Waals surface area contributed by atoms with Gasteiger partial charge < -0.3 is 25.0 Å². The second-order valence-corrected chi connectivity index (χ2v) is 10.1. The maximum Gasteiger partial charge on any atom is 0.191 e. The first-order valence-electron chi connectivity index (χ1n) is 11.6. The summed E-state index contributed by atoms with van der Waals surface area (Å²) in [7, 11) is 3.68. The van der Waals surface area contributed by atoms with E-state index in [0.717, 1.165) is 24.3 Å². The van der Waals surface area contributed by atoms with E-state index in [1.807, 2.05) is 19.2 Å². The van der Waals surface area contributed by atoms with Gasteiger partial charge in [0, 0.05) is 31.2 Å². The fourth-order valence-corrected chi connectivity index (χ4v) is 5.41. The van der Waals surface area contributed by atoms with Crippen LogP contribution in [0.25, 0.3) is 11.2 Å². The van der Waals surface area contributed by atoms with Crippen molar-refractivity contribution in [1.29, 1.82) is 0 Å². The average molecular weight is 487 g/mol. The molecule has 2 aliphatic rings. The largest absolute Gasteiger partial charge is 0.497 e. The number of thioether (sulfide) groups is 1. The lowest BCUT2D eigenvalue weighted by Crippen LogP contribution is -2.31. The molecule has 10 nitrogen and oxygen atoms in total. The average Bonchev–Trinajstić information content (AvgIpc) is 3.49.